The van der Waals surface area contributed by atoms with E-state index in [1.54, 1.807) is 16.9 Å². The van der Waals surface area contributed by atoms with Gasteiger partial charge in [-0.05, 0) is 49.1 Å². The molecule has 1 saturated heterocycles. The molecule has 0 radical (unpaired) electrons. The van der Waals surface area contributed by atoms with Crippen molar-refractivity contribution in [3.05, 3.63) is 48.4 Å². The second-order valence-corrected chi connectivity index (χ2v) is 6.60. The van der Waals surface area contributed by atoms with Crippen LogP contribution in [0.25, 0.3) is 22.3 Å². The first-order chi connectivity index (χ1) is 13.2. The predicted molar refractivity (Wildman–Crippen MR) is 103 cm³/mol. The molecule has 0 spiro atoms. The molecule has 4 rings (SSSR count). The molecule has 3 aromatic rings. The molecule has 8 heteroatoms. The maximum atomic E-state index is 11.6. The van der Waals surface area contributed by atoms with E-state index in [1.165, 1.54) is 6.08 Å². The molecular weight excluding hydrogens is 366 g/mol. The molecule has 1 N–H and O–H groups in total. The standard InChI is InChI=1S/C19H18ClN5O2/c1-2-15(26)22-13-7-5-6-12(10-13)17-14-11-21-25(16-8-3-4-9-27-16)18(14)24-19(20)23-17/h2,5-7,10-11,16H,1,3-4,8-9H2,(H,22,26). The van der Waals surface area contributed by atoms with Crippen LogP contribution in [-0.2, 0) is 9.53 Å². The van der Waals surface area contributed by atoms with Crippen molar-refractivity contribution < 1.29 is 9.53 Å². The fraction of sp³-hybridized carbons (Fsp3) is 0.263. The number of nitrogens with one attached hydrogen (secondary N) is 1. The van der Waals surface area contributed by atoms with Gasteiger partial charge in [0.2, 0.25) is 11.2 Å². The molecule has 27 heavy (non-hydrogen) atoms. The Balaban J connectivity index is 1.78. The highest BCUT2D eigenvalue weighted by Crippen LogP contribution is 2.32. The topological polar surface area (TPSA) is 81.9 Å². The zero-order valence-corrected chi connectivity index (χ0v) is 15.3. The third-order valence-electron chi connectivity index (χ3n) is 4.44. The average Bonchev–Trinajstić information content (AvgIpc) is 3.11. The van der Waals surface area contributed by atoms with E-state index in [9.17, 15) is 4.79 Å². The minimum absolute atomic E-state index is 0.135. The lowest BCUT2D eigenvalue weighted by atomic mass is 10.1. The summed E-state index contributed by atoms with van der Waals surface area (Å²) in [5, 5.41) is 8.14. The van der Waals surface area contributed by atoms with Crippen molar-refractivity contribution >= 4 is 34.2 Å². The summed E-state index contributed by atoms with van der Waals surface area (Å²) in [6, 6.07) is 7.36. The largest absolute Gasteiger partial charge is 0.356 e. The summed E-state index contributed by atoms with van der Waals surface area (Å²) in [5.74, 6) is -0.278. The molecule has 2 aromatic heterocycles. The van der Waals surface area contributed by atoms with Gasteiger partial charge in [0.25, 0.3) is 0 Å². The lowest BCUT2D eigenvalue weighted by Gasteiger charge is -2.23. The van der Waals surface area contributed by atoms with Crippen molar-refractivity contribution in [3.63, 3.8) is 0 Å². The number of aromatic nitrogens is 4. The number of rotatable bonds is 4. The minimum Gasteiger partial charge on any atom is -0.356 e. The highest BCUT2D eigenvalue weighted by Gasteiger charge is 2.22. The molecule has 1 fully saturated rings. The number of nitrogens with zero attached hydrogens (tertiary/aromatic N) is 4. The van der Waals surface area contributed by atoms with Crippen LogP contribution >= 0.6 is 11.6 Å². The molecule has 1 amide bonds. The van der Waals surface area contributed by atoms with Crippen LogP contribution in [0.2, 0.25) is 5.28 Å². The van der Waals surface area contributed by atoms with Crippen molar-refractivity contribution in [2.24, 2.45) is 0 Å². The summed E-state index contributed by atoms with van der Waals surface area (Å²) in [6.45, 7) is 4.18. The van der Waals surface area contributed by atoms with Crippen LogP contribution in [0.1, 0.15) is 25.5 Å². The zero-order chi connectivity index (χ0) is 18.8. The monoisotopic (exact) mass is 383 g/mol. The maximum Gasteiger partial charge on any atom is 0.247 e. The maximum absolute atomic E-state index is 11.6. The quantitative estimate of drug-likeness (QED) is 0.544. The Kier molecular flexibility index (Phi) is 4.87. The Morgan fingerprint density at radius 2 is 2.26 bits per heavy atom. The van der Waals surface area contributed by atoms with Crippen molar-refractivity contribution in [1.29, 1.82) is 0 Å². The number of halogens is 1. The second kappa shape index (κ2) is 7.46. The number of fused-ring (bicyclic) bond motifs is 1. The number of hydrogen-bond acceptors (Lipinski definition) is 5. The Morgan fingerprint density at radius 3 is 3.04 bits per heavy atom. The van der Waals surface area contributed by atoms with Crippen molar-refractivity contribution in [1.82, 2.24) is 19.7 Å². The summed E-state index contributed by atoms with van der Waals surface area (Å²) < 4.78 is 7.60. The van der Waals surface area contributed by atoms with E-state index in [4.69, 9.17) is 16.3 Å². The van der Waals surface area contributed by atoms with Crippen LogP contribution in [0.3, 0.4) is 0 Å². The van der Waals surface area contributed by atoms with Gasteiger partial charge in [0.05, 0.1) is 17.3 Å². The van der Waals surface area contributed by atoms with Gasteiger partial charge in [-0.3, -0.25) is 4.79 Å². The van der Waals surface area contributed by atoms with Gasteiger partial charge in [-0.25, -0.2) is 9.67 Å². The molecular formula is C19H18ClN5O2. The first-order valence-electron chi connectivity index (χ1n) is 8.72. The summed E-state index contributed by atoms with van der Waals surface area (Å²) in [7, 11) is 0. The van der Waals surface area contributed by atoms with Crippen molar-refractivity contribution in [3.8, 4) is 11.3 Å². The van der Waals surface area contributed by atoms with E-state index < -0.39 is 0 Å². The molecule has 3 heterocycles. The predicted octanol–water partition coefficient (Wildman–Crippen LogP) is 3.97. The van der Waals surface area contributed by atoms with Crippen LogP contribution < -0.4 is 5.32 Å². The molecule has 0 bridgehead atoms. The van der Waals surface area contributed by atoms with Crippen LogP contribution in [0.4, 0.5) is 5.69 Å². The summed E-state index contributed by atoms with van der Waals surface area (Å²) in [5.41, 5.74) is 2.73. The lowest BCUT2D eigenvalue weighted by Crippen LogP contribution is -2.19. The molecule has 0 aliphatic carbocycles. The number of carbonyl (C=O) groups excluding carboxylic acids is 1. The number of benzene rings is 1. The van der Waals surface area contributed by atoms with E-state index >= 15 is 0 Å². The van der Waals surface area contributed by atoms with Crippen LogP contribution in [0.5, 0.6) is 0 Å². The Bertz CT molecular complexity index is 1010. The SMILES string of the molecule is C=CC(=O)Nc1cccc(-c2nc(Cl)nc3c2cnn3C2CCCCO2)c1. The van der Waals surface area contributed by atoms with Gasteiger partial charge in [0.15, 0.2) is 11.9 Å². The molecule has 138 valence electrons. The van der Waals surface area contributed by atoms with Crippen molar-refractivity contribution in [2.75, 3.05) is 11.9 Å². The van der Waals surface area contributed by atoms with Gasteiger partial charge >= 0.3 is 0 Å². The zero-order valence-electron chi connectivity index (χ0n) is 14.6. The number of amides is 1. The number of anilines is 1. The number of hydrogen-bond donors (Lipinski definition) is 1. The highest BCUT2D eigenvalue weighted by molar-refractivity contribution is 6.28. The minimum atomic E-state index is -0.278. The summed E-state index contributed by atoms with van der Waals surface area (Å²) >= 11 is 6.20. The van der Waals surface area contributed by atoms with Gasteiger partial charge < -0.3 is 10.1 Å². The molecule has 0 saturated carbocycles. The third kappa shape index (κ3) is 3.56. The van der Waals surface area contributed by atoms with Gasteiger partial charge in [0.1, 0.15) is 0 Å². The number of ether oxygens (including phenoxy) is 1. The van der Waals surface area contributed by atoms with Crippen LogP contribution in [-0.4, -0.2) is 32.3 Å². The Morgan fingerprint density at radius 1 is 1.37 bits per heavy atom. The summed E-state index contributed by atoms with van der Waals surface area (Å²) in [6.07, 6.45) is 5.84. The summed E-state index contributed by atoms with van der Waals surface area (Å²) in [4.78, 5) is 20.3. The van der Waals surface area contributed by atoms with Crippen LogP contribution in [0, 0.1) is 0 Å². The van der Waals surface area contributed by atoms with E-state index in [0.29, 0.717) is 23.6 Å². The van der Waals surface area contributed by atoms with E-state index in [-0.39, 0.29) is 17.4 Å². The first-order valence-corrected chi connectivity index (χ1v) is 9.10. The fourth-order valence-corrected chi connectivity index (χ4v) is 3.35. The smallest absolute Gasteiger partial charge is 0.247 e. The van der Waals surface area contributed by atoms with Crippen molar-refractivity contribution in [2.45, 2.75) is 25.5 Å². The second-order valence-electron chi connectivity index (χ2n) is 6.26. The average molecular weight is 384 g/mol. The van der Waals surface area contributed by atoms with Crippen LogP contribution in [0.15, 0.2) is 43.1 Å². The number of carbonyl (C=O) groups is 1. The van der Waals surface area contributed by atoms with E-state index in [1.807, 2.05) is 18.2 Å². The van der Waals surface area contributed by atoms with Gasteiger partial charge in [-0.1, -0.05) is 18.7 Å². The molecule has 1 aliphatic rings. The van der Waals surface area contributed by atoms with Gasteiger partial charge in [-0.15, -0.1) is 0 Å². The Labute approximate surface area is 161 Å². The molecule has 1 atom stereocenters. The molecule has 1 aliphatic heterocycles. The fourth-order valence-electron chi connectivity index (χ4n) is 3.18. The van der Waals surface area contributed by atoms with Gasteiger partial charge in [0, 0.05) is 17.9 Å². The third-order valence-corrected chi connectivity index (χ3v) is 4.61. The Hall–Kier alpha value is -2.77. The van der Waals surface area contributed by atoms with Gasteiger partial charge in [-0.2, -0.15) is 10.1 Å². The first kappa shape index (κ1) is 17.6. The molecule has 1 aromatic carbocycles. The lowest BCUT2D eigenvalue weighted by molar-refractivity contribution is -0.111. The van der Waals surface area contributed by atoms with E-state index in [0.717, 1.165) is 30.2 Å². The molecule has 1 unspecified atom stereocenters. The highest BCUT2D eigenvalue weighted by atomic mass is 35.5. The normalized spacial score (nSPS) is 17.0. The van der Waals surface area contributed by atoms with E-state index in [2.05, 4.69) is 27.0 Å². The molecule has 7 nitrogen and oxygen atoms in total.